The van der Waals surface area contributed by atoms with Crippen LogP contribution in [0.2, 0.25) is 0 Å². The third-order valence-electron chi connectivity index (χ3n) is 7.01. The summed E-state index contributed by atoms with van der Waals surface area (Å²) < 4.78 is 0. The lowest BCUT2D eigenvalue weighted by molar-refractivity contribution is 0.0939. The summed E-state index contributed by atoms with van der Waals surface area (Å²) in [6, 6.07) is 34.0. The van der Waals surface area contributed by atoms with Gasteiger partial charge in [0.1, 0.15) is 0 Å². The van der Waals surface area contributed by atoms with Crippen LogP contribution in [0.4, 0.5) is 0 Å². The first kappa shape index (κ1) is 30.3. The summed E-state index contributed by atoms with van der Waals surface area (Å²) in [5, 5.41) is 9.06. The van der Waals surface area contributed by atoms with Crippen LogP contribution >= 0.6 is 0 Å². The molecule has 0 saturated heterocycles. The van der Waals surface area contributed by atoms with Gasteiger partial charge in [-0.3, -0.25) is 14.4 Å². The lowest BCUT2D eigenvalue weighted by Gasteiger charge is -2.18. The first-order valence-electron chi connectivity index (χ1n) is 14.5. The summed E-state index contributed by atoms with van der Waals surface area (Å²) in [5.41, 5.74) is 4.12. The van der Waals surface area contributed by atoms with Gasteiger partial charge in [-0.25, -0.2) is 0 Å². The van der Waals surface area contributed by atoms with Crippen molar-refractivity contribution in [3.8, 4) is 0 Å². The van der Waals surface area contributed by atoms with Crippen molar-refractivity contribution in [2.24, 2.45) is 0 Å². The number of amides is 3. The summed E-state index contributed by atoms with van der Waals surface area (Å²) in [6.07, 6.45) is 1.98. The minimum absolute atomic E-state index is 0.147. The number of rotatable bonds is 12. The molecule has 6 nitrogen and oxygen atoms in total. The van der Waals surface area contributed by atoms with Crippen LogP contribution in [0.15, 0.2) is 109 Å². The molecule has 0 aliphatic carbocycles. The summed E-state index contributed by atoms with van der Waals surface area (Å²) in [4.78, 5) is 40.0. The standard InChI is InChI=1S/C36H39N3O3/c1-25(19-28-13-7-4-8-14-28)37-34(40)31-22-32(35(41)38-26(2)20-29-15-9-5-10-16-29)24-33(23-31)36(42)39-27(3)21-30-17-11-6-12-18-30/h4-18,22-27H,19-21H2,1-3H3,(H,37,40)(H,38,41)(H,39,42)/t25-,26-,27-/m1/s1. The molecule has 0 fully saturated rings. The average molecular weight is 562 g/mol. The van der Waals surface area contributed by atoms with Crippen molar-refractivity contribution in [2.45, 2.75) is 58.2 Å². The second kappa shape index (κ2) is 14.8. The van der Waals surface area contributed by atoms with Crippen molar-refractivity contribution in [1.82, 2.24) is 16.0 Å². The van der Waals surface area contributed by atoms with Gasteiger partial charge in [0.2, 0.25) is 0 Å². The van der Waals surface area contributed by atoms with E-state index in [9.17, 15) is 14.4 Å². The zero-order valence-corrected chi connectivity index (χ0v) is 24.5. The normalized spacial score (nSPS) is 12.9. The van der Waals surface area contributed by atoms with Gasteiger partial charge in [-0.2, -0.15) is 0 Å². The molecule has 0 saturated carbocycles. The molecule has 0 aromatic heterocycles. The Morgan fingerprint density at radius 1 is 0.452 bits per heavy atom. The van der Waals surface area contributed by atoms with Gasteiger partial charge in [0.15, 0.2) is 0 Å². The van der Waals surface area contributed by atoms with Gasteiger partial charge in [0.25, 0.3) is 17.7 Å². The maximum absolute atomic E-state index is 13.3. The van der Waals surface area contributed by atoms with E-state index in [-0.39, 0.29) is 52.5 Å². The van der Waals surface area contributed by atoms with Crippen LogP contribution in [0.1, 0.15) is 68.5 Å². The van der Waals surface area contributed by atoms with Crippen molar-refractivity contribution < 1.29 is 14.4 Å². The first-order chi connectivity index (χ1) is 20.3. The molecule has 0 aliphatic heterocycles. The molecular formula is C36H39N3O3. The summed E-state index contributed by atoms with van der Waals surface area (Å²) >= 11 is 0. The average Bonchev–Trinajstić information content (AvgIpc) is 2.98. The summed E-state index contributed by atoms with van der Waals surface area (Å²) in [5.74, 6) is -1.01. The maximum Gasteiger partial charge on any atom is 0.251 e. The van der Waals surface area contributed by atoms with Gasteiger partial charge in [0, 0.05) is 34.8 Å². The van der Waals surface area contributed by atoms with E-state index in [4.69, 9.17) is 0 Å². The lowest BCUT2D eigenvalue weighted by atomic mass is 10.0. The van der Waals surface area contributed by atoms with E-state index in [0.717, 1.165) is 16.7 Å². The highest BCUT2D eigenvalue weighted by atomic mass is 16.2. The SMILES string of the molecule is C[C@H](Cc1ccccc1)NC(=O)c1cc(C(=O)N[C@H](C)Cc2ccccc2)cc(C(=O)N[C@H](C)Cc2ccccc2)c1. The molecule has 0 bridgehead atoms. The molecular weight excluding hydrogens is 522 g/mol. The molecule has 3 atom stereocenters. The van der Waals surface area contributed by atoms with E-state index >= 15 is 0 Å². The topological polar surface area (TPSA) is 87.3 Å². The molecule has 4 rings (SSSR count). The van der Waals surface area contributed by atoms with E-state index in [1.54, 1.807) is 18.2 Å². The number of hydrogen-bond acceptors (Lipinski definition) is 3. The second-order valence-corrected chi connectivity index (χ2v) is 11.0. The first-order valence-corrected chi connectivity index (χ1v) is 14.5. The third kappa shape index (κ3) is 9.16. The minimum Gasteiger partial charge on any atom is -0.349 e. The van der Waals surface area contributed by atoms with Crippen molar-refractivity contribution in [1.29, 1.82) is 0 Å². The van der Waals surface area contributed by atoms with Gasteiger partial charge in [-0.15, -0.1) is 0 Å². The van der Waals surface area contributed by atoms with E-state index < -0.39 is 0 Å². The Balaban J connectivity index is 1.52. The number of benzene rings is 4. The van der Waals surface area contributed by atoms with Crippen LogP contribution in [-0.4, -0.2) is 35.8 Å². The van der Waals surface area contributed by atoms with Crippen LogP contribution < -0.4 is 16.0 Å². The predicted octanol–water partition coefficient (Wildman–Crippen LogP) is 5.77. The van der Waals surface area contributed by atoms with Crippen LogP contribution in [0.25, 0.3) is 0 Å². The quantitative estimate of drug-likeness (QED) is 0.205. The molecule has 6 heteroatoms. The van der Waals surface area contributed by atoms with E-state index in [2.05, 4.69) is 16.0 Å². The molecule has 0 heterocycles. The summed E-state index contributed by atoms with van der Waals surface area (Å²) in [7, 11) is 0. The monoisotopic (exact) mass is 561 g/mol. The van der Waals surface area contributed by atoms with Crippen molar-refractivity contribution in [3.05, 3.63) is 143 Å². The number of hydrogen-bond donors (Lipinski definition) is 3. The fraction of sp³-hybridized carbons (Fsp3) is 0.250. The van der Waals surface area contributed by atoms with Gasteiger partial charge in [-0.1, -0.05) is 91.0 Å². The fourth-order valence-electron chi connectivity index (χ4n) is 5.00. The van der Waals surface area contributed by atoms with Gasteiger partial charge < -0.3 is 16.0 Å². The molecule has 42 heavy (non-hydrogen) atoms. The van der Waals surface area contributed by atoms with Crippen LogP contribution in [0.3, 0.4) is 0 Å². The molecule has 0 aliphatic rings. The summed E-state index contributed by atoms with van der Waals surface area (Å²) in [6.45, 7) is 5.81. The van der Waals surface area contributed by atoms with Gasteiger partial charge in [-0.05, 0) is 74.9 Å². The third-order valence-corrected chi connectivity index (χ3v) is 7.01. The molecule has 3 amide bonds. The number of carbonyl (C=O) groups excluding carboxylic acids is 3. The Bertz CT molecular complexity index is 1280. The predicted molar refractivity (Wildman–Crippen MR) is 168 cm³/mol. The molecule has 4 aromatic carbocycles. The van der Waals surface area contributed by atoms with E-state index in [0.29, 0.717) is 19.3 Å². The second-order valence-electron chi connectivity index (χ2n) is 11.0. The lowest BCUT2D eigenvalue weighted by Crippen LogP contribution is -2.37. The molecule has 0 spiro atoms. The zero-order chi connectivity index (χ0) is 29.9. The van der Waals surface area contributed by atoms with E-state index in [1.807, 2.05) is 112 Å². The van der Waals surface area contributed by atoms with E-state index in [1.165, 1.54) is 0 Å². The number of nitrogens with one attached hydrogen (secondary N) is 3. The maximum atomic E-state index is 13.3. The van der Waals surface area contributed by atoms with Crippen LogP contribution in [0.5, 0.6) is 0 Å². The zero-order valence-electron chi connectivity index (χ0n) is 24.5. The Labute approximate surface area is 248 Å². The van der Waals surface area contributed by atoms with Crippen LogP contribution in [-0.2, 0) is 19.3 Å². The van der Waals surface area contributed by atoms with Crippen molar-refractivity contribution in [3.63, 3.8) is 0 Å². The number of carbonyl (C=O) groups is 3. The fourth-order valence-corrected chi connectivity index (χ4v) is 5.00. The Morgan fingerprint density at radius 3 is 0.929 bits per heavy atom. The van der Waals surface area contributed by atoms with Crippen molar-refractivity contribution in [2.75, 3.05) is 0 Å². The Kier molecular flexibility index (Phi) is 10.6. The smallest absolute Gasteiger partial charge is 0.251 e. The van der Waals surface area contributed by atoms with Gasteiger partial charge in [0.05, 0.1) is 0 Å². The Hall–Kier alpha value is -4.71. The molecule has 4 aromatic rings. The van der Waals surface area contributed by atoms with Crippen LogP contribution in [0, 0.1) is 0 Å². The van der Waals surface area contributed by atoms with Crippen molar-refractivity contribution >= 4 is 17.7 Å². The highest BCUT2D eigenvalue weighted by Gasteiger charge is 2.20. The molecule has 216 valence electrons. The highest BCUT2D eigenvalue weighted by Crippen LogP contribution is 2.14. The minimum atomic E-state index is -0.336. The highest BCUT2D eigenvalue weighted by molar-refractivity contribution is 6.04. The molecule has 0 unspecified atom stereocenters. The largest absolute Gasteiger partial charge is 0.349 e. The Morgan fingerprint density at radius 2 is 0.690 bits per heavy atom. The molecule has 3 N–H and O–H groups in total. The molecule has 0 radical (unpaired) electrons. The van der Waals surface area contributed by atoms with Gasteiger partial charge >= 0.3 is 0 Å².